The van der Waals surface area contributed by atoms with Crippen LogP contribution in [0.3, 0.4) is 0 Å². The Kier molecular flexibility index (Phi) is 2.63. The van der Waals surface area contributed by atoms with Gasteiger partial charge in [0.1, 0.15) is 0 Å². The zero-order valence-electron chi connectivity index (χ0n) is 6.46. The van der Waals surface area contributed by atoms with Gasteiger partial charge in [-0.25, -0.2) is 0 Å². The molecule has 1 aromatic rings. The molecule has 0 aliphatic heterocycles. The molecule has 0 unspecified atom stereocenters. The molecule has 0 amide bonds. The molecule has 0 spiro atoms. The molecule has 0 aliphatic rings. The molecule has 0 bridgehead atoms. The molecule has 2 heteroatoms. The van der Waals surface area contributed by atoms with Gasteiger partial charge in [-0.3, -0.25) is 0 Å². The third-order valence-corrected chi connectivity index (χ3v) is 1.31. The predicted octanol–water partition coefficient (Wildman–Crippen LogP) is 2.01. The largest absolute Gasteiger partial charge is 0.394 e. The van der Waals surface area contributed by atoms with Gasteiger partial charge in [0, 0.05) is 0 Å². The summed E-state index contributed by atoms with van der Waals surface area (Å²) < 4.78 is 0. The summed E-state index contributed by atoms with van der Waals surface area (Å²) in [6.07, 6.45) is 4.59. The van der Waals surface area contributed by atoms with Crippen LogP contribution in [-0.2, 0) is 0 Å². The summed E-state index contributed by atoms with van der Waals surface area (Å²) in [6.45, 7) is 4.30. The third kappa shape index (κ3) is 1.58. The van der Waals surface area contributed by atoms with Crippen molar-refractivity contribution in [2.75, 3.05) is 0 Å². The zero-order chi connectivity index (χ0) is 6.69. The van der Waals surface area contributed by atoms with E-state index in [1.807, 2.05) is 18.3 Å². The number of aromatic nitrogens is 1. The smallest absolute Gasteiger partial charge is 0 e. The standard InChI is InChI=1S/C8H10N.Rf/c1-7(2)8-4-3-5-9-6-8;/h3-4,6-7H,1-2H3;/q-1;. The van der Waals surface area contributed by atoms with E-state index in [-0.39, 0.29) is 0 Å². The van der Waals surface area contributed by atoms with Crippen LogP contribution in [0.5, 0.6) is 0 Å². The van der Waals surface area contributed by atoms with Crippen molar-refractivity contribution in [3.05, 3.63) is 30.1 Å². The van der Waals surface area contributed by atoms with E-state index in [1.54, 1.807) is 0 Å². The summed E-state index contributed by atoms with van der Waals surface area (Å²) in [5.74, 6) is 0.576. The Labute approximate surface area is 55.7 Å². The van der Waals surface area contributed by atoms with Crippen LogP contribution in [0.2, 0.25) is 0 Å². The van der Waals surface area contributed by atoms with Gasteiger partial charge in [-0.2, -0.15) is 12.1 Å². The van der Waals surface area contributed by atoms with E-state index in [9.17, 15) is 0 Å². The zero-order valence-corrected chi connectivity index (χ0v) is 12.9. The number of rotatable bonds is 1. The second kappa shape index (κ2) is 3.23. The van der Waals surface area contributed by atoms with Crippen molar-refractivity contribution in [3.8, 4) is 0 Å². The van der Waals surface area contributed by atoms with Crippen LogP contribution < -0.4 is 0 Å². The summed E-state index contributed by atoms with van der Waals surface area (Å²) in [5.41, 5.74) is 1.27. The molecule has 1 rings (SSSR count). The van der Waals surface area contributed by atoms with Crippen molar-refractivity contribution in [3.63, 3.8) is 0 Å². The minimum absolute atomic E-state index is 0. The second-order valence-electron chi connectivity index (χ2n) is 2.38. The summed E-state index contributed by atoms with van der Waals surface area (Å²) in [7, 11) is 0. The molecule has 0 radical (unpaired) electrons. The molecule has 0 atom stereocenters. The van der Waals surface area contributed by atoms with Gasteiger partial charge in [0.2, 0.25) is 0 Å². The van der Waals surface area contributed by atoms with E-state index in [1.165, 1.54) is 5.56 Å². The van der Waals surface area contributed by atoms with Crippen LogP contribution in [0.25, 0.3) is 0 Å². The van der Waals surface area contributed by atoms with Crippen LogP contribution in [0.4, 0.5) is 0 Å². The van der Waals surface area contributed by atoms with E-state index in [0.717, 1.165) is 0 Å². The van der Waals surface area contributed by atoms with Crippen LogP contribution in [0, 0.1) is 6.20 Å². The van der Waals surface area contributed by atoms with E-state index in [0.29, 0.717) is 5.92 Å². The number of nitrogens with zero attached hydrogens (tertiary/aromatic N) is 1. The van der Waals surface area contributed by atoms with Crippen LogP contribution >= 0.6 is 0 Å². The molecule has 50 valence electrons. The first-order valence-corrected chi connectivity index (χ1v) is 3.12. The fourth-order valence-electron chi connectivity index (χ4n) is 0.673. The molecule has 1 nitrogen and oxygen atoms in total. The third-order valence-electron chi connectivity index (χ3n) is 1.31. The summed E-state index contributed by atoms with van der Waals surface area (Å²) >= 11 is 0. The molecule has 0 saturated carbocycles. The molecule has 0 aromatic carbocycles. The van der Waals surface area contributed by atoms with Gasteiger partial charge in [0.25, 0.3) is 0 Å². The SMILES string of the molecule is CC(C)c1cc[c-]nc1.[Rf]. The topological polar surface area (TPSA) is 12.9 Å². The molecule has 1 heterocycles. The summed E-state index contributed by atoms with van der Waals surface area (Å²) in [4.78, 5) is 3.88. The Hall–Kier alpha value is -1.85. The first kappa shape index (κ1) is 8.15. The first-order valence-electron chi connectivity index (χ1n) is 3.12. The molecule has 0 fully saturated rings. The van der Waals surface area contributed by atoms with Crippen LogP contribution in [-0.4, -0.2) is 4.98 Å². The Morgan fingerprint density at radius 2 is 2.20 bits per heavy atom. The maximum absolute atomic E-state index is 3.88. The van der Waals surface area contributed by atoms with E-state index in [2.05, 4.69) is 25.0 Å². The van der Waals surface area contributed by atoms with Gasteiger partial charge >= 0.3 is 0 Å². The Morgan fingerprint density at radius 3 is 2.50 bits per heavy atom. The second-order valence-corrected chi connectivity index (χ2v) is 2.38. The molecular weight excluding hydrogens is 377 g/mol. The van der Waals surface area contributed by atoms with Crippen molar-refractivity contribution in [1.82, 2.24) is 4.98 Å². The van der Waals surface area contributed by atoms with Gasteiger partial charge in [-0.15, -0.1) is 5.56 Å². The van der Waals surface area contributed by atoms with Crippen molar-refractivity contribution in [1.29, 1.82) is 0 Å². The van der Waals surface area contributed by atoms with Gasteiger partial charge in [-0.05, 0) is 5.92 Å². The van der Waals surface area contributed by atoms with Crippen molar-refractivity contribution in [2.24, 2.45) is 0 Å². The van der Waals surface area contributed by atoms with Gasteiger partial charge < -0.3 is 4.98 Å². The number of hydrogen-bond donors (Lipinski definition) is 0. The molecule has 10 heavy (non-hydrogen) atoms. The fraction of sp³-hybridized carbons (Fsp3) is 0.375. The molecule has 1 aromatic heterocycles. The van der Waals surface area contributed by atoms with E-state index < -0.39 is 0 Å². The number of hydrogen-bond acceptors (Lipinski definition) is 1. The molecule has 0 saturated heterocycles. The molecule has 0 aliphatic carbocycles. The molecular formula is C8H10NRf-. The van der Waals surface area contributed by atoms with Gasteiger partial charge in [0.05, 0.1) is 0 Å². The maximum Gasteiger partial charge on any atom is 0 e. The van der Waals surface area contributed by atoms with Crippen LogP contribution in [0.1, 0.15) is 25.3 Å². The van der Waals surface area contributed by atoms with E-state index >= 15 is 0 Å². The monoisotopic (exact) mass is 387 g/mol. The molecule has 0 N–H and O–H groups in total. The minimum atomic E-state index is 0. The summed E-state index contributed by atoms with van der Waals surface area (Å²) in [5, 5.41) is 0. The van der Waals surface area contributed by atoms with Gasteiger partial charge in [0.15, 0.2) is 0 Å². The van der Waals surface area contributed by atoms with Crippen LogP contribution in [0.15, 0.2) is 18.3 Å². The van der Waals surface area contributed by atoms with E-state index in [4.69, 9.17) is 0 Å². The Balaban J connectivity index is 0.000000810. The normalized spacial score (nSPS) is 9.10. The minimum Gasteiger partial charge on any atom is -0.394 e. The average molecular weight is 387 g/mol. The Bertz CT molecular complexity index is 172. The number of pyridine rings is 1. The van der Waals surface area contributed by atoms with Crippen molar-refractivity contribution in [2.45, 2.75) is 19.8 Å². The fourth-order valence-corrected chi connectivity index (χ4v) is 0.673. The quantitative estimate of drug-likeness (QED) is 0.672. The van der Waals surface area contributed by atoms with Crippen molar-refractivity contribution >= 4 is 0 Å². The first-order chi connectivity index (χ1) is 4.30. The predicted molar refractivity (Wildman–Crippen MR) is 37.2 cm³/mol. The maximum atomic E-state index is 3.88. The van der Waals surface area contributed by atoms with Gasteiger partial charge in [-0.1, -0.05) is 26.2 Å². The Morgan fingerprint density at radius 1 is 1.50 bits per heavy atom. The summed E-state index contributed by atoms with van der Waals surface area (Å²) in [6, 6.07) is 3.88. The van der Waals surface area contributed by atoms with Crippen molar-refractivity contribution < 1.29 is 0 Å². The average Bonchev–Trinajstić information content (AvgIpc) is 1.90.